The Labute approximate surface area is 164 Å². The molecule has 0 aliphatic rings. The third kappa shape index (κ3) is 4.18. The van der Waals surface area contributed by atoms with E-state index in [-0.39, 0.29) is 5.91 Å². The molecule has 2 aromatic carbocycles. The Morgan fingerprint density at radius 2 is 1.54 bits per heavy atom. The van der Waals surface area contributed by atoms with Gasteiger partial charge in [-0.25, -0.2) is 0 Å². The van der Waals surface area contributed by atoms with Gasteiger partial charge in [0.05, 0.1) is 25.0 Å². The van der Waals surface area contributed by atoms with Gasteiger partial charge in [-0.2, -0.15) is 0 Å². The number of carbonyl (C=O) groups excluding carboxylic acids is 1. The van der Waals surface area contributed by atoms with Crippen molar-refractivity contribution in [3.63, 3.8) is 0 Å². The summed E-state index contributed by atoms with van der Waals surface area (Å²) in [6, 6.07) is 27.2. The largest absolute Gasteiger partial charge is 0.467 e. The van der Waals surface area contributed by atoms with Crippen LogP contribution in [0.15, 0.2) is 102 Å². The van der Waals surface area contributed by atoms with Crippen LogP contribution in [0.5, 0.6) is 0 Å². The number of hydrogen-bond donors (Lipinski definition) is 0. The van der Waals surface area contributed by atoms with Crippen molar-refractivity contribution in [3.05, 3.63) is 114 Å². The van der Waals surface area contributed by atoms with E-state index in [9.17, 15) is 4.79 Å². The molecule has 1 amide bonds. The highest BCUT2D eigenvalue weighted by atomic mass is 16.3. The molecule has 4 heteroatoms. The number of pyridine rings is 1. The van der Waals surface area contributed by atoms with Gasteiger partial charge in [-0.15, -0.1) is 0 Å². The second kappa shape index (κ2) is 8.35. The maximum Gasteiger partial charge on any atom is 0.254 e. The number of aromatic nitrogens is 1. The van der Waals surface area contributed by atoms with Gasteiger partial charge in [-0.05, 0) is 47.5 Å². The van der Waals surface area contributed by atoms with Crippen LogP contribution in [0.1, 0.15) is 21.8 Å². The maximum absolute atomic E-state index is 13.2. The second-order valence-corrected chi connectivity index (χ2v) is 6.51. The smallest absolute Gasteiger partial charge is 0.254 e. The van der Waals surface area contributed by atoms with Crippen LogP contribution >= 0.6 is 0 Å². The molecule has 0 aliphatic heterocycles. The quantitative estimate of drug-likeness (QED) is 0.471. The number of rotatable bonds is 6. The highest BCUT2D eigenvalue weighted by molar-refractivity contribution is 5.94. The lowest BCUT2D eigenvalue weighted by Gasteiger charge is -2.21. The van der Waals surface area contributed by atoms with E-state index >= 15 is 0 Å². The Kier molecular flexibility index (Phi) is 5.29. The van der Waals surface area contributed by atoms with Gasteiger partial charge in [-0.1, -0.05) is 48.5 Å². The predicted octanol–water partition coefficient (Wildman–Crippen LogP) is 5.18. The molecule has 4 nitrogen and oxygen atoms in total. The number of furan rings is 1. The van der Waals surface area contributed by atoms with Crippen molar-refractivity contribution < 1.29 is 9.21 Å². The van der Waals surface area contributed by atoms with Gasteiger partial charge in [0.1, 0.15) is 5.76 Å². The molecule has 4 rings (SSSR count). The Bertz CT molecular complexity index is 1010. The first-order chi connectivity index (χ1) is 13.8. The van der Waals surface area contributed by atoms with Crippen molar-refractivity contribution in [2.75, 3.05) is 0 Å². The van der Waals surface area contributed by atoms with Gasteiger partial charge in [0.15, 0.2) is 0 Å². The minimum Gasteiger partial charge on any atom is -0.467 e. The first-order valence-corrected chi connectivity index (χ1v) is 9.16. The average molecular weight is 368 g/mol. The number of hydrogen-bond acceptors (Lipinski definition) is 3. The Morgan fingerprint density at radius 3 is 2.21 bits per heavy atom. The fraction of sp³-hybridized carbons (Fsp3) is 0.0833. The Morgan fingerprint density at radius 1 is 0.786 bits per heavy atom. The third-order valence-electron chi connectivity index (χ3n) is 4.53. The highest BCUT2D eigenvalue weighted by Crippen LogP contribution is 2.21. The molecule has 0 radical (unpaired) electrons. The van der Waals surface area contributed by atoms with Gasteiger partial charge in [0, 0.05) is 11.8 Å². The molecule has 0 atom stereocenters. The van der Waals surface area contributed by atoms with Crippen LogP contribution in [0.2, 0.25) is 0 Å². The van der Waals surface area contributed by atoms with Gasteiger partial charge in [0.25, 0.3) is 5.91 Å². The first kappa shape index (κ1) is 17.7. The zero-order valence-electron chi connectivity index (χ0n) is 15.4. The molecule has 0 aliphatic carbocycles. The van der Waals surface area contributed by atoms with Crippen molar-refractivity contribution in [1.29, 1.82) is 0 Å². The lowest BCUT2D eigenvalue weighted by molar-refractivity contribution is 0.0715. The van der Waals surface area contributed by atoms with E-state index in [4.69, 9.17) is 4.42 Å². The summed E-state index contributed by atoms with van der Waals surface area (Å²) in [7, 11) is 0. The molecule has 0 unspecified atom stereocenters. The topological polar surface area (TPSA) is 46.3 Å². The highest BCUT2D eigenvalue weighted by Gasteiger charge is 2.18. The first-order valence-electron chi connectivity index (χ1n) is 9.16. The maximum atomic E-state index is 13.2. The van der Waals surface area contributed by atoms with E-state index in [1.165, 1.54) is 0 Å². The Balaban J connectivity index is 1.57. The second-order valence-electron chi connectivity index (χ2n) is 6.51. The van der Waals surface area contributed by atoms with Crippen LogP contribution in [0.25, 0.3) is 11.1 Å². The molecule has 0 N–H and O–H groups in total. The van der Waals surface area contributed by atoms with Crippen molar-refractivity contribution in [1.82, 2.24) is 9.88 Å². The monoisotopic (exact) mass is 368 g/mol. The van der Waals surface area contributed by atoms with Crippen LogP contribution < -0.4 is 0 Å². The van der Waals surface area contributed by atoms with Crippen LogP contribution in [0.3, 0.4) is 0 Å². The lowest BCUT2D eigenvalue weighted by Crippen LogP contribution is -2.30. The van der Waals surface area contributed by atoms with E-state index in [2.05, 4.69) is 17.1 Å². The van der Waals surface area contributed by atoms with Crippen molar-refractivity contribution in [2.24, 2.45) is 0 Å². The van der Waals surface area contributed by atoms with Gasteiger partial charge in [0.2, 0.25) is 0 Å². The van der Waals surface area contributed by atoms with Gasteiger partial charge >= 0.3 is 0 Å². The van der Waals surface area contributed by atoms with E-state index in [1.807, 2.05) is 72.8 Å². The van der Waals surface area contributed by atoms with E-state index in [0.717, 1.165) is 22.6 Å². The molecule has 2 heterocycles. The summed E-state index contributed by atoms with van der Waals surface area (Å²) in [6.45, 7) is 0.809. The summed E-state index contributed by atoms with van der Waals surface area (Å²) >= 11 is 0. The zero-order chi connectivity index (χ0) is 19.2. The molecule has 0 bridgehead atoms. The molecular weight excluding hydrogens is 348 g/mol. The average Bonchev–Trinajstić information content (AvgIpc) is 3.27. The number of nitrogens with zero attached hydrogens (tertiary/aromatic N) is 2. The molecule has 2 aromatic heterocycles. The van der Waals surface area contributed by atoms with Crippen molar-refractivity contribution in [2.45, 2.75) is 13.1 Å². The molecule has 4 aromatic rings. The van der Waals surface area contributed by atoms with E-state index in [0.29, 0.717) is 18.7 Å². The van der Waals surface area contributed by atoms with E-state index in [1.54, 1.807) is 17.4 Å². The summed E-state index contributed by atoms with van der Waals surface area (Å²) in [5, 5.41) is 0. The third-order valence-corrected chi connectivity index (χ3v) is 4.53. The standard InChI is InChI=1S/C24H20N2O2/c27-24(21-13-11-20(12-14-21)19-7-2-1-3-8-19)26(18-23-10-6-16-28-23)17-22-9-4-5-15-25-22/h1-16H,17-18H2. The molecule has 138 valence electrons. The summed E-state index contributed by atoms with van der Waals surface area (Å²) < 4.78 is 5.45. The van der Waals surface area contributed by atoms with Crippen LogP contribution in [-0.2, 0) is 13.1 Å². The van der Waals surface area contributed by atoms with Crippen LogP contribution in [-0.4, -0.2) is 15.8 Å². The normalized spacial score (nSPS) is 10.6. The lowest BCUT2D eigenvalue weighted by atomic mass is 10.0. The molecule has 28 heavy (non-hydrogen) atoms. The van der Waals surface area contributed by atoms with Gasteiger partial charge in [-0.3, -0.25) is 9.78 Å². The zero-order valence-corrected chi connectivity index (χ0v) is 15.4. The minimum atomic E-state index is -0.0540. The van der Waals surface area contributed by atoms with Gasteiger partial charge < -0.3 is 9.32 Å². The van der Waals surface area contributed by atoms with Crippen LogP contribution in [0.4, 0.5) is 0 Å². The fourth-order valence-electron chi connectivity index (χ4n) is 3.10. The SMILES string of the molecule is O=C(c1ccc(-c2ccccc2)cc1)N(Cc1ccccn1)Cc1ccco1. The number of carbonyl (C=O) groups is 1. The van der Waals surface area contributed by atoms with E-state index < -0.39 is 0 Å². The number of benzene rings is 2. The summed E-state index contributed by atoms with van der Waals surface area (Å²) in [4.78, 5) is 19.3. The Hall–Kier alpha value is -3.66. The molecule has 0 saturated heterocycles. The fourth-order valence-corrected chi connectivity index (χ4v) is 3.10. The summed E-state index contributed by atoms with van der Waals surface area (Å²) in [5.74, 6) is 0.687. The summed E-state index contributed by atoms with van der Waals surface area (Å²) in [5.41, 5.74) is 3.69. The summed E-state index contributed by atoms with van der Waals surface area (Å²) in [6.07, 6.45) is 3.35. The molecule has 0 fully saturated rings. The molecular formula is C24H20N2O2. The molecule has 0 saturated carbocycles. The molecule has 0 spiro atoms. The minimum absolute atomic E-state index is 0.0540. The number of amides is 1. The van der Waals surface area contributed by atoms with Crippen molar-refractivity contribution in [3.8, 4) is 11.1 Å². The predicted molar refractivity (Wildman–Crippen MR) is 108 cm³/mol. The van der Waals surface area contributed by atoms with Crippen molar-refractivity contribution >= 4 is 5.91 Å². The van der Waals surface area contributed by atoms with Crippen LogP contribution in [0, 0.1) is 0 Å².